The number of thiazole rings is 1. The number of ether oxygens (including phenoxy) is 1. The molecule has 1 heterocycles. The number of hydrogen-bond donors (Lipinski definition) is 1. The molecule has 1 N–H and O–H groups in total. The first-order chi connectivity index (χ1) is 10.6. The van der Waals surface area contributed by atoms with Crippen molar-refractivity contribution >= 4 is 17.2 Å². The molecule has 0 radical (unpaired) electrons. The van der Waals surface area contributed by atoms with Crippen molar-refractivity contribution in [3.05, 3.63) is 46.4 Å². The van der Waals surface area contributed by atoms with Gasteiger partial charge in [0.25, 0.3) is 5.91 Å². The van der Waals surface area contributed by atoms with Gasteiger partial charge in [0.15, 0.2) is 0 Å². The molecule has 1 unspecified atom stereocenters. The van der Waals surface area contributed by atoms with Crippen LogP contribution >= 0.6 is 11.3 Å². The molecule has 22 heavy (non-hydrogen) atoms. The molecule has 2 rings (SSSR count). The van der Waals surface area contributed by atoms with E-state index in [9.17, 15) is 9.90 Å². The van der Waals surface area contributed by atoms with E-state index in [0.29, 0.717) is 30.9 Å². The number of carbonyl (C=O) groups is 1. The zero-order valence-corrected chi connectivity index (χ0v) is 13.5. The maximum absolute atomic E-state index is 12.3. The number of aliphatic hydroxyl groups is 1. The van der Waals surface area contributed by atoms with E-state index in [1.54, 1.807) is 42.6 Å². The highest BCUT2D eigenvalue weighted by molar-refractivity contribution is 7.07. The van der Waals surface area contributed by atoms with Crippen molar-refractivity contribution in [3.63, 3.8) is 0 Å². The van der Waals surface area contributed by atoms with Gasteiger partial charge in [-0.15, -0.1) is 11.3 Å². The zero-order chi connectivity index (χ0) is 15.9. The van der Waals surface area contributed by atoms with E-state index in [-0.39, 0.29) is 5.91 Å². The molecule has 0 aliphatic rings. The van der Waals surface area contributed by atoms with Crippen LogP contribution in [-0.2, 0) is 6.61 Å². The van der Waals surface area contributed by atoms with Crippen molar-refractivity contribution in [2.45, 2.75) is 26.1 Å². The Hall–Kier alpha value is -1.92. The second-order valence-corrected chi connectivity index (χ2v) is 5.88. The number of aliphatic hydroxyl groups excluding tert-OH is 1. The molecule has 0 spiro atoms. The summed E-state index contributed by atoms with van der Waals surface area (Å²) in [5.41, 5.74) is 3.20. The van der Waals surface area contributed by atoms with Gasteiger partial charge >= 0.3 is 0 Å². The van der Waals surface area contributed by atoms with E-state index in [2.05, 4.69) is 4.98 Å². The highest BCUT2D eigenvalue weighted by atomic mass is 32.1. The summed E-state index contributed by atoms with van der Waals surface area (Å²) in [6, 6.07) is 7.11. The normalized spacial score (nSPS) is 12.0. The monoisotopic (exact) mass is 320 g/mol. The van der Waals surface area contributed by atoms with Crippen LogP contribution in [0.15, 0.2) is 35.2 Å². The molecular weight excluding hydrogens is 300 g/mol. The molecule has 0 saturated carbocycles. The third-order valence-corrected chi connectivity index (χ3v) is 3.82. The average Bonchev–Trinajstić information content (AvgIpc) is 3.03. The van der Waals surface area contributed by atoms with Gasteiger partial charge in [-0.05, 0) is 31.5 Å². The topological polar surface area (TPSA) is 62.7 Å². The van der Waals surface area contributed by atoms with E-state index in [4.69, 9.17) is 4.74 Å². The van der Waals surface area contributed by atoms with E-state index < -0.39 is 6.10 Å². The van der Waals surface area contributed by atoms with Crippen LogP contribution in [0.25, 0.3) is 0 Å². The van der Waals surface area contributed by atoms with Crippen LogP contribution in [0.3, 0.4) is 0 Å². The Kier molecular flexibility index (Phi) is 5.91. The van der Waals surface area contributed by atoms with Gasteiger partial charge in [0.1, 0.15) is 12.4 Å². The standard InChI is InChI=1S/C16H20N2O3S/c1-12(19)6-7-18(2)16(20)13-4-3-5-15(8-13)21-9-14-10-22-11-17-14/h3-5,8,10-12,19H,6-7,9H2,1-2H3. The lowest BCUT2D eigenvalue weighted by molar-refractivity contribution is 0.0768. The Balaban J connectivity index is 1.96. The summed E-state index contributed by atoms with van der Waals surface area (Å²) in [6.45, 7) is 2.62. The molecule has 0 saturated heterocycles. The van der Waals surface area contributed by atoms with E-state index in [0.717, 1.165) is 5.69 Å². The van der Waals surface area contributed by atoms with Crippen LogP contribution in [0, 0.1) is 0 Å². The molecule has 1 aromatic heterocycles. The Bertz CT molecular complexity index is 599. The molecular formula is C16H20N2O3S. The number of amides is 1. The molecule has 0 fully saturated rings. The van der Waals surface area contributed by atoms with Gasteiger partial charge in [0, 0.05) is 24.5 Å². The first-order valence-corrected chi connectivity index (χ1v) is 8.04. The smallest absolute Gasteiger partial charge is 0.253 e. The zero-order valence-electron chi connectivity index (χ0n) is 12.7. The molecule has 1 atom stereocenters. The fourth-order valence-corrected chi connectivity index (χ4v) is 2.43. The fraction of sp³-hybridized carbons (Fsp3) is 0.375. The summed E-state index contributed by atoms with van der Waals surface area (Å²) in [4.78, 5) is 18.1. The van der Waals surface area contributed by atoms with E-state index >= 15 is 0 Å². The highest BCUT2D eigenvalue weighted by Gasteiger charge is 2.13. The molecule has 0 bridgehead atoms. The van der Waals surface area contributed by atoms with Gasteiger partial charge in [-0.25, -0.2) is 4.98 Å². The molecule has 0 aliphatic heterocycles. The van der Waals surface area contributed by atoms with Crippen LogP contribution < -0.4 is 4.74 Å². The van der Waals surface area contributed by atoms with Gasteiger partial charge in [-0.2, -0.15) is 0 Å². The SMILES string of the molecule is CC(O)CCN(C)C(=O)c1cccc(OCc2cscn2)c1. The van der Waals surface area contributed by atoms with Gasteiger partial charge in [-0.3, -0.25) is 4.79 Å². The molecule has 2 aromatic rings. The van der Waals surface area contributed by atoms with Crippen LogP contribution in [0.4, 0.5) is 0 Å². The Labute approximate surface area is 134 Å². The van der Waals surface area contributed by atoms with Crippen molar-refractivity contribution in [2.24, 2.45) is 0 Å². The maximum atomic E-state index is 12.3. The third kappa shape index (κ3) is 4.82. The summed E-state index contributed by atoms with van der Waals surface area (Å²) >= 11 is 1.52. The van der Waals surface area contributed by atoms with Crippen molar-refractivity contribution in [1.29, 1.82) is 0 Å². The lowest BCUT2D eigenvalue weighted by Crippen LogP contribution is -2.29. The first kappa shape index (κ1) is 16.5. The summed E-state index contributed by atoms with van der Waals surface area (Å²) in [5.74, 6) is 0.558. The first-order valence-electron chi connectivity index (χ1n) is 7.09. The van der Waals surface area contributed by atoms with E-state index in [1.165, 1.54) is 11.3 Å². The lowest BCUT2D eigenvalue weighted by Gasteiger charge is -2.18. The van der Waals surface area contributed by atoms with Crippen molar-refractivity contribution < 1.29 is 14.6 Å². The van der Waals surface area contributed by atoms with E-state index in [1.807, 2.05) is 11.4 Å². The van der Waals surface area contributed by atoms with Crippen molar-refractivity contribution in [3.8, 4) is 5.75 Å². The summed E-state index contributed by atoms with van der Waals surface area (Å²) < 4.78 is 5.65. The highest BCUT2D eigenvalue weighted by Crippen LogP contribution is 2.16. The molecule has 0 aliphatic carbocycles. The van der Waals surface area contributed by atoms with Crippen LogP contribution in [-0.4, -0.2) is 40.6 Å². The maximum Gasteiger partial charge on any atom is 0.253 e. The molecule has 6 heteroatoms. The third-order valence-electron chi connectivity index (χ3n) is 3.18. The minimum atomic E-state index is -0.414. The van der Waals surface area contributed by atoms with Crippen LogP contribution in [0.2, 0.25) is 0 Å². The number of aromatic nitrogens is 1. The van der Waals surface area contributed by atoms with Gasteiger partial charge in [0.2, 0.25) is 0 Å². The Morgan fingerprint density at radius 1 is 1.50 bits per heavy atom. The summed E-state index contributed by atoms with van der Waals surface area (Å²) in [5, 5.41) is 11.2. The van der Waals surface area contributed by atoms with Crippen molar-refractivity contribution in [2.75, 3.05) is 13.6 Å². The molecule has 1 aromatic carbocycles. The molecule has 1 amide bonds. The lowest BCUT2D eigenvalue weighted by atomic mass is 10.2. The number of benzene rings is 1. The van der Waals surface area contributed by atoms with Gasteiger partial charge in [-0.1, -0.05) is 6.07 Å². The number of carbonyl (C=O) groups excluding carboxylic acids is 1. The Morgan fingerprint density at radius 2 is 2.32 bits per heavy atom. The quantitative estimate of drug-likeness (QED) is 0.851. The second kappa shape index (κ2) is 7.91. The number of hydrogen-bond acceptors (Lipinski definition) is 5. The number of rotatable bonds is 7. The molecule has 118 valence electrons. The summed E-state index contributed by atoms with van der Waals surface area (Å²) in [6.07, 6.45) is 0.144. The minimum Gasteiger partial charge on any atom is -0.487 e. The molecule has 5 nitrogen and oxygen atoms in total. The van der Waals surface area contributed by atoms with Crippen molar-refractivity contribution in [1.82, 2.24) is 9.88 Å². The van der Waals surface area contributed by atoms with Gasteiger partial charge < -0.3 is 14.7 Å². The average molecular weight is 320 g/mol. The number of nitrogens with zero attached hydrogens (tertiary/aromatic N) is 2. The largest absolute Gasteiger partial charge is 0.487 e. The van der Waals surface area contributed by atoms with Crippen LogP contribution in [0.5, 0.6) is 5.75 Å². The summed E-state index contributed by atoms with van der Waals surface area (Å²) in [7, 11) is 1.73. The second-order valence-electron chi connectivity index (χ2n) is 5.16. The predicted molar refractivity (Wildman–Crippen MR) is 86.1 cm³/mol. The Morgan fingerprint density at radius 3 is 3.00 bits per heavy atom. The minimum absolute atomic E-state index is 0.0836. The van der Waals surface area contributed by atoms with Crippen LogP contribution in [0.1, 0.15) is 29.4 Å². The fourth-order valence-electron chi connectivity index (χ4n) is 1.89. The van der Waals surface area contributed by atoms with Gasteiger partial charge in [0.05, 0.1) is 17.3 Å². The predicted octanol–water partition coefficient (Wildman–Crippen LogP) is 2.57.